The minimum Gasteiger partial charge on any atom is -0.322 e. The lowest BCUT2D eigenvalue weighted by Crippen LogP contribution is -1.91. The van der Waals surface area contributed by atoms with Gasteiger partial charge in [-0.2, -0.15) is 0 Å². The summed E-state index contributed by atoms with van der Waals surface area (Å²) in [6, 6.07) is 3.68. The van der Waals surface area contributed by atoms with Gasteiger partial charge in [0.1, 0.15) is 11.3 Å². The Bertz CT molecular complexity index is 677. The van der Waals surface area contributed by atoms with Crippen molar-refractivity contribution in [2.75, 3.05) is 0 Å². The van der Waals surface area contributed by atoms with Gasteiger partial charge in [-0.25, -0.2) is 15.0 Å². The summed E-state index contributed by atoms with van der Waals surface area (Å²) >= 11 is 0. The van der Waals surface area contributed by atoms with Crippen LogP contribution in [0.15, 0.2) is 30.7 Å². The van der Waals surface area contributed by atoms with Crippen LogP contribution in [0.5, 0.6) is 0 Å². The zero-order valence-electron chi connectivity index (χ0n) is 8.66. The lowest BCUT2D eigenvalue weighted by Gasteiger charge is -1.92. The molecule has 0 aliphatic heterocycles. The van der Waals surface area contributed by atoms with E-state index in [2.05, 4.69) is 24.9 Å². The van der Waals surface area contributed by atoms with Gasteiger partial charge in [0.05, 0.1) is 6.20 Å². The zero-order valence-corrected chi connectivity index (χ0v) is 8.66. The maximum Gasteiger partial charge on any atom is 0.194 e. The number of carbonyl (C=O) groups is 1. The van der Waals surface area contributed by atoms with Gasteiger partial charge in [-0.1, -0.05) is 0 Å². The third-order valence-corrected chi connectivity index (χ3v) is 2.32. The molecular weight excluding hydrogens is 218 g/mol. The maximum absolute atomic E-state index is 10.6. The first-order chi connectivity index (χ1) is 8.36. The van der Waals surface area contributed by atoms with E-state index < -0.39 is 0 Å². The van der Waals surface area contributed by atoms with Crippen LogP contribution in [-0.2, 0) is 0 Å². The zero-order chi connectivity index (χ0) is 11.7. The van der Waals surface area contributed by atoms with Gasteiger partial charge in [0.15, 0.2) is 17.8 Å². The lowest BCUT2D eigenvalue weighted by molar-refractivity contribution is 0.111. The quantitative estimate of drug-likeness (QED) is 0.663. The number of pyridine rings is 1. The number of nitrogens with one attached hydrogen (secondary N) is 1. The molecule has 17 heavy (non-hydrogen) atoms. The molecule has 3 aromatic heterocycles. The highest BCUT2D eigenvalue weighted by Gasteiger charge is 2.07. The number of hydrogen-bond donors (Lipinski definition) is 1. The number of H-pyrrole nitrogens is 1. The van der Waals surface area contributed by atoms with E-state index >= 15 is 0 Å². The summed E-state index contributed by atoms with van der Waals surface area (Å²) in [6.45, 7) is 0. The molecule has 1 N–H and O–H groups in total. The highest BCUT2D eigenvalue weighted by Crippen LogP contribution is 2.17. The van der Waals surface area contributed by atoms with Gasteiger partial charge in [-0.3, -0.25) is 9.78 Å². The second-order valence-electron chi connectivity index (χ2n) is 3.40. The highest BCUT2D eigenvalue weighted by molar-refractivity contribution is 5.78. The van der Waals surface area contributed by atoms with Crippen molar-refractivity contribution in [3.8, 4) is 11.4 Å². The monoisotopic (exact) mass is 225 g/mol. The number of rotatable bonds is 2. The van der Waals surface area contributed by atoms with Crippen LogP contribution in [0.25, 0.3) is 22.6 Å². The average molecular weight is 225 g/mol. The smallest absolute Gasteiger partial charge is 0.194 e. The minimum atomic E-state index is 0.141. The summed E-state index contributed by atoms with van der Waals surface area (Å²) in [5, 5.41) is 0. The molecule has 0 fully saturated rings. The van der Waals surface area contributed by atoms with Crippen molar-refractivity contribution in [1.82, 2.24) is 24.9 Å². The Morgan fingerprint density at radius 1 is 1.18 bits per heavy atom. The summed E-state index contributed by atoms with van der Waals surface area (Å²) in [5.41, 5.74) is 2.09. The Balaban J connectivity index is 2.17. The van der Waals surface area contributed by atoms with Crippen molar-refractivity contribution in [3.05, 3.63) is 36.5 Å². The van der Waals surface area contributed by atoms with Gasteiger partial charge in [0, 0.05) is 18.0 Å². The Morgan fingerprint density at radius 3 is 2.76 bits per heavy atom. The molecular formula is C11H7N5O. The van der Waals surface area contributed by atoms with Crippen LogP contribution in [0.4, 0.5) is 0 Å². The molecule has 0 atom stereocenters. The standard InChI is InChI=1S/C11H7N5O/c17-6-9-13-5-8-11(15-9)16-10(14-8)7-1-3-12-4-2-7/h1-6H,(H,13,14,15,16). The molecule has 0 saturated carbocycles. The van der Waals surface area contributed by atoms with Crippen LogP contribution < -0.4 is 0 Å². The van der Waals surface area contributed by atoms with Crippen LogP contribution in [-0.4, -0.2) is 31.2 Å². The first kappa shape index (κ1) is 9.59. The maximum atomic E-state index is 10.6. The van der Waals surface area contributed by atoms with Crippen LogP contribution in [0, 0.1) is 0 Å². The fourth-order valence-corrected chi connectivity index (χ4v) is 1.53. The van der Waals surface area contributed by atoms with E-state index in [1.54, 1.807) is 12.4 Å². The fourth-order valence-electron chi connectivity index (χ4n) is 1.53. The predicted octanol–water partition coefficient (Wildman–Crippen LogP) is 1.23. The lowest BCUT2D eigenvalue weighted by atomic mass is 10.3. The summed E-state index contributed by atoms with van der Waals surface area (Å²) in [7, 11) is 0. The molecule has 82 valence electrons. The van der Waals surface area contributed by atoms with Crippen LogP contribution in [0.2, 0.25) is 0 Å². The van der Waals surface area contributed by atoms with Gasteiger partial charge in [-0.05, 0) is 12.1 Å². The van der Waals surface area contributed by atoms with Crippen molar-refractivity contribution in [3.63, 3.8) is 0 Å². The Kier molecular flexibility index (Phi) is 2.11. The van der Waals surface area contributed by atoms with Gasteiger partial charge in [0.25, 0.3) is 0 Å². The van der Waals surface area contributed by atoms with E-state index in [0.29, 0.717) is 23.3 Å². The van der Waals surface area contributed by atoms with Gasteiger partial charge >= 0.3 is 0 Å². The average Bonchev–Trinajstić information content (AvgIpc) is 2.82. The molecule has 3 heterocycles. The van der Waals surface area contributed by atoms with E-state index in [-0.39, 0.29) is 5.82 Å². The van der Waals surface area contributed by atoms with Gasteiger partial charge in [0.2, 0.25) is 0 Å². The molecule has 0 radical (unpaired) electrons. The van der Waals surface area contributed by atoms with Gasteiger partial charge < -0.3 is 4.98 Å². The molecule has 3 rings (SSSR count). The number of hydrogen-bond acceptors (Lipinski definition) is 5. The third-order valence-electron chi connectivity index (χ3n) is 2.32. The van der Waals surface area contributed by atoms with Crippen LogP contribution in [0.1, 0.15) is 10.6 Å². The second-order valence-corrected chi connectivity index (χ2v) is 3.40. The van der Waals surface area contributed by atoms with Crippen molar-refractivity contribution < 1.29 is 4.79 Å². The number of carbonyl (C=O) groups excluding carboxylic acids is 1. The normalized spacial score (nSPS) is 10.6. The highest BCUT2D eigenvalue weighted by atomic mass is 16.1. The summed E-state index contributed by atoms with van der Waals surface area (Å²) in [5.74, 6) is 0.821. The molecule has 0 aromatic carbocycles. The molecule has 3 aromatic rings. The molecule has 0 saturated heterocycles. The van der Waals surface area contributed by atoms with E-state index in [1.807, 2.05) is 12.1 Å². The van der Waals surface area contributed by atoms with Gasteiger partial charge in [-0.15, -0.1) is 0 Å². The largest absolute Gasteiger partial charge is 0.322 e. The predicted molar refractivity (Wildman–Crippen MR) is 60.3 cm³/mol. The van der Waals surface area contributed by atoms with Crippen LogP contribution >= 0.6 is 0 Å². The summed E-state index contributed by atoms with van der Waals surface area (Å²) in [4.78, 5) is 29.8. The molecule has 6 nitrogen and oxygen atoms in total. The number of aromatic amines is 1. The van der Waals surface area contributed by atoms with Crippen molar-refractivity contribution in [1.29, 1.82) is 0 Å². The number of aromatic nitrogens is 5. The van der Waals surface area contributed by atoms with E-state index in [1.165, 1.54) is 6.20 Å². The van der Waals surface area contributed by atoms with E-state index in [0.717, 1.165) is 5.56 Å². The van der Waals surface area contributed by atoms with Crippen LogP contribution in [0.3, 0.4) is 0 Å². The molecule has 6 heteroatoms. The molecule has 0 aliphatic carbocycles. The summed E-state index contributed by atoms with van der Waals surface area (Å²) in [6.07, 6.45) is 5.50. The molecule has 0 unspecified atom stereocenters. The number of fused-ring (bicyclic) bond motifs is 1. The topological polar surface area (TPSA) is 84.4 Å². The SMILES string of the molecule is O=Cc1ncc2nc(-c3ccncc3)[nH]c2n1. The second kappa shape index (κ2) is 3.75. The molecule has 0 spiro atoms. The van der Waals surface area contributed by atoms with Crippen molar-refractivity contribution in [2.24, 2.45) is 0 Å². The Morgan fingerprint density at radius 2 is 2.00 bits per heavy atom. The first-order valence-electron chi connectivity index (χ1n) is 4.95. The first-order valence-corrected chi connectivity index (χ1v) is 4.95. The number of aldehydes is 1. The summed E-state index contributed by atoms with van der Waals surface area (Å²) < 4.78 is 0. The molecule has 0 amide bonds. The minimum absolute atomic E-state index is 0.141. The van der Waals surface area contributed by atoms with E-state index in [9.17, 15) is 4.79 Å². The van der Waals surface area contributed by atoms with Crippen molar-refractivity contribution in [2.45, 2.75) is 0 Å². The van der Waals surface area contributed by atoms with Crippen molar-refractivity contribution >= 4 is 17.5 Å². The molecule has 0 aliphatic rings. The fraction of sp³-hybridized carbons (Fsp3) is 0. The molecule has 0 bridgehead atoms. The third kappa shape index (κ3) is 1.65. The number of nitrogens with zero attached hydrogens (tertiary/aromatic N) is 4. The Labute approximate surface area is 95.8 Å². The Hall–Kier alpha value is -2.63. The van der Waals surface area contributed by atoms with E-state index in [4.69, 9.17) is 0 Å². The number of imidazole rings is 1.